The first-order valence-corrected chi connectivity index (χ1v) is 17.8. The molecule has 248 valence electrons. The molecule has 2 atom stereocenters. The molecule has 3 aromatic carbocycles. The maximum Gasteiger partial charge on any atom is 0.137 e. The van der Waals surface area contributed by atoms with Gasteiger partial charge in [-0.15, -0.1) is 0 Å². The first-order valence-electron chi connectivity index (χ1n) is 17.8. The van der Waals surface area contributed by atoms with Crippen molar-refractivity contribution in [3.05, 3.63) is 162 Å². The van der Waals surface area contributed by atoms with Crippen LogP contribution < -0.4 is 10.2 Å². The van der Waals surface area contributed by atoms with Gasteiger partial charge in [0.05, 0.1) is 23.4 Å². The van der Waals surface area contributed by atoms with Gasteiger partial charge in [0.2, 0.25) is 0 Å². The number of allylic oxidation sites excluding steroid dienone is 1. The smallest absolute Gasteiger partial charge is 0.137 e. The lowest BCUT2D eigenvalue weighted by molar-refractivity contribution is 0.731. The molecule has 2 aliphatic carbocycles. The van der Waals surface area contributed by atoms with Crippen molar-refractivity contribution < 1.29 is 0 Å². The molecular weight excluding hydrogens is 641 g/mol. The summed E-state index contributed by atoms with van der Waals surface area (Å²) in [5, 5.41) is 5.69. The van der Waals surface area contributed by atoms with Crippen LogP contribution in [0, 0.1) is 0 Å². The highest BCUT2D eigenvalue weighted by molar-refractivity contribution is 6.13. The summed E-state index contributed by atoms with van der Waals surface area (Å²) in [6, 6.07) is 28.7. The second kappa shape index (κ2) is 11.4. The Bertz CT molecular complexity index is 2690. The van der Waals surface area contributed by atoms with E-state index in [1.807, 2.05) is 43.1 Å². The first-order chi connectivity index (χ1) is 25.8. The average molecular weight is 673 g/mol. The van der Waals surface area contributed by atoms with Gasteiger partial charge in [0, 0.05) is 65.5 Å². The lowest BCUT2D eigenvalue weighted by atomic mass is 9.80. The molecule has 0 saturated carbocycles. The number of aliphatic imine (C=N–C) groups is 1. The number of rotatable bonds is 4. The van der Waals surface area contributed by atoms with E-state index in [1.165, 1.54) is 60.9 Å². The van der Waals surface area contributed by atoms with E-state index in [-0.39, 0.29) is 12.0 Å². The Morgan fingerprint density at radius 1 is 0.769 bits per heavy atom. The topological polar surface area (TPSA) is 84.1 Å². The molecule has 4 aromatic heterocycles. The fourth-order valence-corrected chi connectivity index (χ4v) is 8.77. The van der Waals surface area contributed by atoms with Gasteiger partial charge in [0.25, 0.3) is 0 Å². The molecule has 7 aromatic rings. The molecule has 0 fully saturated rings. The van der Waals surface area contributed by atoms with Crippen molar-refractivity contribution in [2.45, 2.75) is 24.8 Å². The zero-order valence-corrected chi connectivity index (χ0v) is 28.2. The molecule has 0 spiro atoms. The molecule has 0 radical (unpaired) electrons. The predicted octanol–water partition coefficient (Wildman–Crippen LogP) is 8.41. The van der Waals surface area contributed by atoms with Crippen LogP contribution in [-0.2, 0) is 12.8 Å². The molecule has 6 heterocycles. The summed E-state index contributed by atoms with van der Waals surface area (Å²) in [6.45, 7) is 0.778. The highest BCUT2D eigenvalue weighted by atomic mass is 15.2. The fraction of sp³-hybridized carbons (Fsp3) is 0.114. The molecule has 8 heteroatoms. The molecule has 0 bridgehead atoms. The van der Waals surface area contributed by atoms with E-state index >= 15 is 0 Å². The van der Waals surface area contributed by atoms with Crippen LogP contribution >= 0.6 is 0 Å². The van der Waals surface area contributed by atoms with Gasteiger partial charge < -0.3 is 10.2 Å². The number of hydrogen-bond donors (Lipinski definition) is 1. The summed E-state index contributed by atoms with van der Waals surface area (Å²) in [7, 11) is 0. The van der Waals surface area contributed by atoms with E-state index in [1.54, 1.807) is 12.7 Å². The molecular formula is C44H32N8. The van der Waals surface area contributed by atoms with Crippen molar-refractivity contribution in [1.29, 1.82) is 0 Å². The summed E-state index contributed by atoms with van der Waals surface area (Å²) in [5.74, 6) is 2.08. The Balaban J connectivity index is 1.12. The third kappa shape index (κ3) is 4.37. The fourth-order valence-electron chi connectivity index (χ4n) is 8.77. The van der Waals surface area contributed by atoms with Crippen LogP contribution in [0.1, 0.15) is 22.6 Å². The van der Waals surface area contributed by atoms with E-state index in [0.29, 0.717) is 0 Å². The largest absolute Gasteiger partial charge is 0.372 e. The van der Waals surface area contributed by atoms with Crippen molar-refractivity contribution in [2.75, 3.05) is 11.4 Å². The molecule has 0 saturated heterocycles. The van der Waals surface area contributed by atoms with Crippen LogP contribution in [0.25, 0.3) is 49.9 Å². The molecule has 52 heavy (non-hydrogen) atoms. The number of anilines is 2. The Labute approximate surface area is 300 Å². The molecule has 11 rings (SSSR count). The predicted molar refractivity (Wildman–Crippen MR) is 207 cm³/mol. The van der Waals surface area contributed by atoms with Crippen LogP contribution in [0.4, 0.5) is 11.5 Å². The monoisotopic (exact) mass is 672 g/mol. The molecule has 2 aliphatic heterocycles. The van der Waals surface area contributed by atoms with Crippen molar-refractivity contribution in [3.8, 4) is 28.1 Å². The summed E-state index contributed by atoms with van der Waals surface area (Å²) in [5.41, 5.74) is 14.8. The van der Waals surface area contributed by atoms with E-state index in [4.69, 9.17) is 9.97 Å². The minimum Gasteiger partial charge on any atom is -0.372 e. The lowest BCUT2D eigenvalue weighted by Crippen LogP contribution is -2.30. The van der Waals surface area contributed by atoms with Crippen molar-refractivity contribution in [3.63, 3.8) is 0 Å². The van der Waals surface area contributed by atoms with E-state index in [0.717, 1.165) is 47.7 Å². The number of hydrogen-bond acceptors (Lipinski definition) is 7. The minimum atomic E-state index is 0.135. The van der Waals surface area contributed by atoms with Crippen molar-refractivity contribution in [1.82, 2.24) is 29.8 Å². The third-order valence-electron chi connectivity index (χ3n) is 11.1. The molecule has 2 unspecified atom stereocenters. The van der Waals surface area contributed by atoms with Crippen LogP contribution in [0.5, 0.6) is 0 Å². The van der Waals surface area contributed by atoms with Crippen LogP contribution in [0.3, 0.4) is 0 Å². The maximum absolute atomic E-state index is 4.87. The van der Waals surface area contributed by atoms with Crippen LogP contribution in [-0.4, -0.2) is 43.4 Å². The highest BCUT2D eigenvalue weighted by Crippen LogP contribution is 2.52. The zero-order valence-electron chi connectivity index (χ0n) is 28.2. The Hall–Kier alpha value is -6.67. The Morgan fingerprint density at radius 2 is 1.63 bits per heavy atom. The van der Waals surface area contributed by atoms with Gasteiger partial charge >= 0.3 is 0 Å². The van der Waals surface area contributed by atoms with Crippen LogP contribution in [0.2, 0.25) is 0 Å². The van der Waals surface area contributed by atoms with Crippen molar-refractivity contribution in [2.24, 2.45) is 4.99 Å². The van der Waals surface area contributed by atoms with Gasteiger partial charge in [-0.3, -0.25) is 4.57 Å². The highest BCUT2D eigenvalue weighted by Gasteiger charge is 2.40. The normalized spacial score (nSPS) is 18.3. The molecule has 1 N–H and O–H groups in total. The number of aryl methyl sites for hydroxylation is 2. The number of aromatic nitrogens is 5. The molecule has 8 nitrogen and oxygen atoms in total. The minimum absolute atomic E-state index is 0.135. The summed E-state index contributed by atoms with van der Waals surface area (Å²) < 4.78 is 2.36. The Kier molecular flexibility index (Phi) is 6.40. The van der Waals surface area contributed by atoms with E-state index < -0.39 is 0 Å². The van der Waals surface area contributed by atoms with E-state index in [9.17, 15) is 0 Å². The van der Waals surface area contributed by atoms with Gasteiger partial charge in [-0.05, 0) is 99.8 Å². The number of nitrogens with zero attached hydrogens (tertiary/aromatic N) is 7. The van der Waals surface area contributed by atoms with E-state index in [2.05, 4.69) is 115 Å². The number of pyridine rings is 2. The lowest BCUT2D eigenvalue weighted by Gasteiger charge is -2.29. The summed E-state index contributed by atoms with van der Waals surface area (Å²) >= 11 is 0. The third-order valence-corrected chi connectivity index (χ3v) is 11.1. The number of fused-ring (bicyclic) bond motifs is 10. The summed E-state index contributed by atoms with van der Waals surface area (Å²) in [4.78, 5) is 25.1. The van der Waals surface area contributed by atoms with Gasteiger partial charge in [-0.2, -0.15) is 0 Å². The summed E-state index contributed by atoms with van der Waals surface area (Å²) in [6.07, 6.45) is 21.8. The SMILES string of the molecule is C1=CC2C(C=C1C1=CN=CNC1)c1cc3c(cc1N2c1ccccn1)-c1ccc2c4cc(-c5cncnc5)ccc4n(-c4ccccn4)c2c1CC3. The number of nitrogens with one attached hydrogen (secondary N) is 1. The second-order valence-electron chi connectivity index (χ2n) is 13.8. The maximum atomic E-state index is 4.87. The standard InChI is InChI=1S/C44H32N8/c1-3-15-49-42(5-1)51-39-13-8-28(31-23-47-26-48-24-31)18-37(39)38-19-29-7-10-33-32(35(29)20-41(38)51)11-12-34-36-17-27(30-21-45-25-46-22-30)9-14-40(36)52(44(33)34)43-6-2-4-16-50-43/h1-6,8-9,11-23,25-26,37,39H,7,10,24H2,(H,47,48). The van der Waals surface area contributed by atoms with Gasteiger partial charge in [0.15, 0.2) is 0 Å². The average Bonchev–Trinajstić information content (AvgIpc) is 3.73. The molecule has 4 aliphatic rings. The van der Waals surface area contributed by atoms with Gasteiger partial charge in [0.1, 0.15) is 18.0 Å². The second-order valence-corrected chi connectivity index (χ2v) is 13.8. The van der Waals surface area contributed by atoms with Crippen LogP contribution in [0.15, 0.2) is 151 Å². The zero-order chi connectivity index (χ0) is 34.2. The Morgan fingerprint density at radius 3 is 2.44 bits per heavy atom. The van der Waals surface area contributed by atoms with Crippen molar-refractivity contribution >= 4 is 39.6 Å². The number of benzene rings is 3. The van der Waals surface area contributed by atoms with Gasteiger partial charge in [-0.25, -0.2) is 24.9 Å². The first kappa shape index (κ1) is 29.1. The molecule has 0 amide bonds. The quantitative estimate of drug-likeness (QED) is 0.202. The van der Waals surface area contributed by atoms with Gasteiger partial charge in [-0.1, -0.05) is 54.6 Å².